The second-order valence-electron chi connectivity index (χ2n) is 2.87. The highest BCUT2D eigenvalue weighted by molar-refractivity contribution is 7.80. The predicted molar refractivity (Wildman–Crippen MR) is 61.0 cm³/mol. The Hall–Kier alpha value is -0.920. The molecule has 0 bridgehead atoms. The van der Waals surface area contributed by atoms with Gasteiger partial charge in [0.1, 0.15) is 0 Å². The van der Waals surface area contributed by atoms with Gasteiger partial charge in [-0.1, -0.05) is 19.4 Å². The van der Waals surface area contributed by atoms with E-state index in [0.717, 1.165) is 12.8 Å². The molecule has 0 saturated carbocycles. The minimum Gasteiger partial charge on any atom is -0.366 e. The third-order valence-electron chi connectivity index (χ3n) is 1.39. The molecule has 7 heteroatoms. The van der Waals surface area contributed by atoms with Gasteiger partial charge in [-0.3, -0.25) is 9.35 Å². The van der Waals surface area contributed by atoms with Crippen molar-refractivity contribution in [2.75, 3.05) is 6.61 Å². The van der Waals surface area contributed by atoms with Gasteiger partial charge in [0.15, 0.2) is 0 Å². The highest BCUT2D eigenvalue weighted by Crippen LogP contribution is 1.95. The lowest BCUT2D eigenvalue weighted by Crippen LogP contribution is -2.11. The van der Waals surface area contributed by atoms with Gasteiger partial charge < -0.3 is 5.73 Å². The molecule has 0 atom stereocenters. The van der Waals surface area contributed by atoms with E-state index in [4.69, 9.17) is 10.3 Å². The second kappa shape index (κ2) is 9.32. The van der Waals surface area contributed by atoms with Crippen molar-refractivity contribution < 1.29 is 21.9 Å². The van der Waals surface area contributed by atoms with Crippen LogP contribution in [0.1, 0.15) is 33.6 Å². The van der Waals surface area contributed by atoms with Crippen molar-refractivity contribution >= 4 is 16.3 Å². The SMILES string of the molecule is CCCC=C(C)C(N)=O.CCOS(=O)(=O)O. The summed E-state index contributed by atoms with van der Waals surface area (Å²) in [5, 5.41) is 0. The first-order valence-electron chi connectivity index (χ1n) is 4.83. The molecule has 0 aromatic heterocycles. The van der Waals surface area contributed by atoms with Crippen LogP contribution in [0.3, 0.4) is 0 Å². The number of amides is 1. The van der Waals surface area contributed by atoms with Crippen molar-refractivity contribution in [1.82, 2.24) is 0 Å². The molecule has 0 unspecified atom stereocenters. The number of rotatable bonds is 5. The lowest BCUT2D eigenvalue weighted by molar-refractivity contribution is -0.114. The maximum absolute atomic E-state index is 10.4. The van der Waals surface area contributed by atoms with Gasteiger partial charge in [-0.2, -0.15) is 8.42 Å². The molecule has 6 nitrogen and oxygen atoms in total. The molecule has 0 fully saturated rings. The summed E-state index contributed by atoms with van der Waals surface area (Å²) in [7, 11) is -4.17. The average Bonchev–Trinajstić information content (AvgIpc) is 2.13. The summed E-state index contributed by atoms with van der Waals surface area (Å²) in [5.74, 6) is -0.316. The van der Waals surface area contributed by atoms with Gasteiger partial charge >= 0.3 is 10.4 Å². The fourth-order valence-corrected chi connectivity index (χ4v) is 0.908. The summed E-state index contributed by atoms with van der Waals surface area (Å²) in [6, 6.07) is 0. The highest BCUT2D eigenvalue weighted by Gasteiger charge is 1.98. The molecule has 0 radical (unpaired) electrons. The summed E-state index contributed by atoms with van der Waals surface area (Å²) in [6.45, 7) is 5.23. The molecule has 0 aliphatic heterocycles. The minimum absolute atomic E-state index is 0.0289. The fraction of sp³-hybridized carbons (Fsp3) is 0.667. The Labute approximate surface area is 96.4 Å². The van der Waals surface area contributed by atoms with Crippen LogP contribution >= 0.6 is 0 Å². The normalized spacial score (nSPS) is 11.6. The number of primary amides is 1. The first-order valence-corrected chi connectivity index (χ1v) is 6.19. The first kappa shape index (κ1) is 17.5. The summed E-state index contributed by atoms with van der Waals surface area (Å²) in [4.78, 5) is 10.4. The van der Waals surface area contributed by atoms with Crippen molar-refractivity contribution in [3.63, 3.8) is 0 Å². The predicted octanol–water partition coefficient (Wildman–Crippen LogP) is 1.04. The molecule has 0 saturated heterocycles. The van der Waals surface area contributed by atoms with E-state index in [2.05, 4.69) is 11.1 Å². The topological polar surface area (TPSA) is 107 Å². The van der Waals surface area contributed by atoms with Gasteiger partial charge in [-0.25, -0.2) is 4.18 Å². The van der Waals surface area contributed by atoms with Crippen LogP contribution in [-0.2, 0) is 19.4 Å². The van der Waals surface area contributed by atoms with E-state index in [0.29, 0.717) is 5.57 Å². The number of carbonyl (C=O) groups is 1. The molecular formula is C9H19NO5S. The summed E-state index contributed by atoms with van der Waals surface area (Å²) in [5.41, 5.74) is 5.63. The smallest absolute Gasteiger partial charge is 0.366 e. The van der Waals surface area contributed by atoms with Crippen molar-refractivity contribution in [3.05, 3.63) is 11.6 Å². The van der Waals surface area contributed by atoms with Gasteiger partial charge in [-0.05, 0) is 20.3 Å². The lowest BCUT2D eigenvalue weighted by Gasteiger charge is -1.90. The van der Waals surface area contributed by atoms with Gasteiger partial charge in [-0.15, -0.1) is 0 Å². The Morgan fingerprint density at radius 1 is 1.44 bits per heavy atom. The average molecular weight is 253 g/mol. The number of hydrogen-bond acceptors (Lipinski definition) is 4. The van der Waals surface area contributed by atoms with Crippen LogP contribution in [0.25, 0.3) is 0 Å². The van der Waals surface area contributed by atoms with Crippen LogP contribution in [0.15, 0.2) is 11.6 Å². The Morgan fingerprint density at radius 3 is 2.12 bits per heavy atom. The summed E-state index contributed by atoms with van der Waals surface area (Å²) >= 11 is 0. The zero-order valence-corrected chi connectivity index (χ0v) is 10.6. The van der Waals surface area contributed by atoms with Crippen molar-refractivity contribution in [1.29, 1.82) is 0 Å². The number of hydrogen-bond donors (Lipinski definition) is 2. The largest absolute Gasteiger partial charge is 0.397 e. The maximum Gasteiger partial charge on any atom is 0.397 e. The lowest BCUT2D eigenvalue weighted by atomic mass is 10.2. The van der Waals surface area contributed by atoms with Crippen LogP contribution in [-0.4, -0.2) is 25.5 Å². The maximum atomic E-state index is 10.4. The van der Waals surface area contributed by atoms with Crippen molar-refractivity contribution in [2.24, 2.45) is 5.73 Å². The van der Waals surface area contributed by atoms with Crippen LogP contribution in [0.5, 0.6) is 0 Å². The van der Waals surface area contributed by atoms with Gasteiger partial charge in [0.25, 0.3) is 0 Å². The number of unbranched alkanes of at least 4 members (excludes halogenated alkanes) is 1. The molecule has 3 N–H and O–H groups in total. The number of allylic oxidation sites excluding steroid dienone is 1. The van der Waals surface area contributed by atoms with E-state index < -0.39 is 10.4 Å². The Morgan fingerprint density at radius 2 is 1.94 bits per heavy atom. The molecular weight excluding hydrogens is 234 g/mol. The molecule has 0 spiro atoms. The van der Waals surface area contributed by atoms with E-state index in [1.165, 1.54) is 6.92 Å². The Bertz CT molecular complexity index is 321. The van der Waals surface area contributed by atoms with Gasteiger partial charge in [0, 0.05) is 5.57 Å². The molecule has 16 heavy (non-hydrogen) atoms. The first-order chi connectivity index (χ1) is 7.24. The Balaban J connectivity index is 0. The molecule has 96 valence electrons. The van der Waals surface area contributed by atoms with Crippen LogP contribution < -0.4 is 5.73 Å². The van der Waals surface area contributed by atoms with Crippen LogP contribution in [0.4, 0.5) is 0 Å². The quantitative estimate of drug-likeness (QED) is 0.562. The molecule has 0 aromatic rings. The van der Waals surface area contributed by atoms with Crippen molar-refractivity contribution in [3.8, 4) is 0 Å². The van der Waals surface area contributed by atoms with E-state index in [1.807, 2.05) is 6.08 Å². The minimum atomic E-state index is -4.17. The van der Waals surface area contributed by atoms with Crippen molar-refractivity contribution in [2.45, 2.75) is 33.6 Å². The van der Waals surface area contributed by atoms with E-state index in [-0.39, 0.29) is 12.5 Å². The zero-order valence-electron chi connectivity index (χ0n) is 9.76. The molecule has 0 aliphatic rings. The number of nitrogens with two attached hydrogens (primary N) is 1. The van der Waals surface area contributed by atoms with E-state index in [9.17, 15) is 13.2 Å². The molecule has 0 heterocycles. The third kappa shape index (κ3) is 15.5. The second-order valence-corrected chi connectivity index (χ2v) is 3.97. The van der Waals surface area contributed by atoms with Crippen LogP contribution in [0, 0.1) is 0 Å². The molecule has 0 rings (SSSR count). The van der Waals surface area contributed by atoms with Crippen LogP contribution in [0.2, 0.25) is 0 Å². The van der Waals surface area contributed by atoms with Gasteiger partial charge in [0.05, 0.1) is 6.61 Å². The summed E-state index contributed by atoms with van der Waals surface area (Å²) < 4.78 is 30.7. The van der Waals surface area contributed by atoms with Gasteiger partial charge in [0.2, 0.25) is 5.91 Å². The highest BCUT2D eigenvalue weighted by atomic mass is 32.3. The molecule has 0 aliphatic carbocycles. The summed E-state index contributed by atoms with van der Waals surface area (Å²) in [6.07, 6.45) is 3.86. The molecule has 1 amide bonds. The third-order valence-corrected chi connectivity index (χ3v) is 1.93. The molecule has 0 aromatic carbocycles. The number of carbonyl (C=O) groups excluding carboxylic acids is 1. The standard InChI is InChI=1S/C7H13NO.C2H6O4S/c1-3-4-5-6(2)7(8)9;1-2-6-7(3,4)5/h5H,3-4H2,1-2H3,(H2,8,9);2H2,1H3,(H,3,4,5). The Kier molecular flexibility index (Phi) is 10.2. The fourth-order valence-electron chi connectivity index (χ4n) is 0.610. The monoisotopic (exact) mass is 253 g/mol. The van der Waals surface area contributed by atoms with E-state index in [1.54, 1.807) is 6.92 Å². The zero-order chi connectivity index (χ0) is 13.2. The van der Waals surface area contributed by atoms with E-state index >= 15 is 0 Å².